The first kappa shape index (κ1) is 21.5. The second kappa shape index (κ2) is 8.50. The highest BCUT2D eigenvalue weighted by Crippen LogP contribution is 2.28. The summed E-state index contributed by atoms with van der Waals surface area (Å²) in [6.07, 6.45) is -4.74. The lowest BCUT2D eigenvalue weighted by atomic mass is 10.1. The van der Waals surface area contributed by atoms with Gasteiger partial charge in [-0.25, -0.2) is 4.68 Å². The van der Waals surface area contributed by atoms with Gasteiger partial charge in [-0.2, -0.15) is 13.2 Å². The Morgan fingerprint density at radius 2 is 1.75 bits per heavy atom. The maximum absolute atomic E-state index is 12.6. The Morgan fingerprint density at radius 3 is 2.29 bits per heavy atom. The number of anilines is 1. The van der Waals surface area contributed by atoms with Gasteiger partial charge in [0.1, 0.15) is 0 Å². The van der Waals surface area contributed by atoms with Crippen LogP contribution in [0.5, 0.6) is 0 Å². The molecule has 12 heteroatoms. The fourth-order valence-corrected chi connectivity index (χ4v) is 3.18. The summed E-state index contributed by atoms with van der Waals surface area (Å²) in [5, 5.41) is 11.1. The Bertz CT molecular complexity index is 874. The highest BCUT2D eigenvalue weighted by Gasteiger charge is 2.38. The molecule has 0 radical (unpaired) electrons. The molecule has 1 aromatic carbocycles. The summed E-state index contributed by atoms with van der Waals surface area (Å²) >= 11 is 0.675. The molecule has 0 spiro atoms. The van der Waals surface area contributed by atoms with Crippen LogP contribution in [-0.2, 0) is 15.8 Å². The lowest BCUT2D eigenvalue weighted by molar-refractivity contribution is -0.146. The average molecular weight is 416 g/mol. The minimum absolute atomic E-state index is 0.266. The van der Waals surface area contributed by atoms with Gasteiger partial charge in [0.05, 0.1) is 12.3 Å². The van der Waals surface area contributed by atoms with Crippen molar-refractivity contribution < 1.29 is 22.8 Å². The Hall–Kier alpha value is -2.76. The van der Waals surface area contributed by atoms with Gasteiger partial charge in [-0.05, 0) is 31.9 Å². The summed E-state index contributed by atoms with van der Waals surface area (Å²) in [7, 11) is 0. The largest absolute Gasteiger partial charge is 0.453 e. The predicted molar refractivity (Wildman–Crippen MR) is 98.2 cm³/mol. The molecule has 4 N–H and O–H groups in total. The Kier molecular flexibility index (Phi) is 6.54. The van der Waals surface area contributed by atoms with E-state index in [9.17, 15) is 22.8 Å². The number of hydrogen-bond acceptors (Lipinski definition) is 6. The van der Waals surface area contributed by atoms with Crippen LogP contribution in [0.4, 0.5) is 18.9 Å². The van der Waals surface area contributed by atoms with E-state index in [1.165, 1.54) is 0 Å². The van der Waals surface area contributed by atoms with Gasteiger partial charge in [0.25, 0.3) is 5.82 Å². The molecule has 8 nitrogen and oxygen atoms in total. The number of rotatable bonds is 6. The second-order valence-corrected chi connectivity index (χ2v) is 7.00. The van der Waals surface area contributed by atoms with E-state index in [4.69, 9.17) is 5.84 Å². The molecule has 0 aliphatic rings. The van der Waals surface area contributed by atoms with Crippen LogP contribution in [0.25, 0.3) is 0 Å². The van der Waals surface area contributed by atoms with Crippen molar-refractivity contribution in [1.29, 1.82) is 0 Å². The van der Waals surface area contributed by atoms with Crippen molar-refractivity contribution in [1.82, 2.24) is 20.2 Å². The van der Waals surface area contributed by atoms with Gasteiger partial charge in [-0.1, -0.05) is 29.5 Å². The molecule has 0 saturated carbocycles. The van der Waals surface area contributed by atoms with Crippen molar-refractivity contribution in [3.8, 4) is 0 Å². The second-order valence-electron chi connectivity index (χ2n) is 6.06. The summed E-state index contributed by atoms with van der Waals surface area (Å²) in [5.41, 5.74) is 3.54. The molecular formula is C16H19F3N6O2S. The molecule has 0 fully saturated rings. The number of thioether (sulfide) groups is 1. The van der Waals surface area contributed by atoms with Crippen LogP contribution in [-0.4, -0.2) is 39.0 Å². The maximum Gasteiger partial charge on any atom is 0.453 e. The van der Waals surface area contributed by atoms with Gasteiger partial charge in [0.15, 0.2) is 0 Å². The molecule has 2 amide bonds. The molecule has 1 aromatic heterocycles. The standard InChI is InChI=1S/C16H19F3N6O2S/c1-8-4-9(2)13(10(3)5-8)22-11(26)6-21-12(27)7-28-15-24-23-14(25(15)20)16(17,18)19/h4-5H,6-7,20H2,1-3H3,(H,21,27)(H,22,26). The van der Waals surface area contributed by atoms with Gasteiger partial charge in [0.2, 0.25) is 17.0 Å². The number of nitrogen functional groups attached to an aromatic ring is 1. The lowest BCUT2D eigenvalue weighted by Gasteiger charge is -2.13. The first-order chi connectivity index (χ1) is 13.0. The number of nitrogens with one attached hydrogen (secondary N) is 2. The van der Waals surface area contributed by atoms with E-state index in [1.807, 2.05) is 32.9 Å². The molecular weight excluding hydrogens is 397 g/mol. The maximum atomic E-state index is 12.6. The highest BCUT2D eigenvalue weighted by molar-refractivity contribution is 7.99. The molecule has 2 aromatic rings. The number of halogens is 3. The topological polar surface area (TPSA) is 115 Å². The summed E-state index contributed by atoms with van der Waals surface area (Å²) in [6.45, 7) is 5.39. The van der Waals surface area contributed by atoms with Crippen molar-refractivity contribution >= 4 is 29.3 Å². The zero-order chi connectivity index (χ0) is 21.1. The van der Waals surface area contributed by atoms with E-state index in [0.717, 1.165) is 16.7 Å². The third-order valence-corrected chi connectivity index (χ3v) is 4.58. The van der Waals surface area contributed by atoms with Gasteiger partial charge >= 0.3 is 6.18 Å². The summed E-state index contributed by atoms with van der Waals surface area (Å²) < 4.78 is 38.0. The van der Waals surface area contributed by atoms with E-state index >= 15 is 0 Å². The van der Waals surface area contributed by atoms with Crippen molar-refractivity contribution in [2.75, 3.05) is 23.5 Å². The average Bonchev–Trinajstić information content (AvgIpc) is 2.95. The van der Waals surface area contributed by atoms with Crippen LogP contribution in [0.15, 0.2) is 17.3 Å². The smallest absolute Gasteiger partial charge is 0.346 e. The number of nitrogens with two attached hydrogens (primary N) is 1. The first-order valence-electron chi connectivity index (χ1n) is 8.04. The summed E-state index contributed by atoms with van der Waals surface area (Å²) in [4.78, 5) is 23.9. The monoisotopic (exact) mass is 416 g/mol. The fourth-order valence-electron chi connectivity index (χ4n) is 2.49. The van der Waals surface area contributed by atoms with Crippen LogP contribution in [0.2, 0.25) is 0 Å². The molecule has 0 unspecified atom stereocenters. The van der Waals surface area contributed by atoms with Crippen LogP contribution >= 0.6 is 11.8 Å². The Balaban J connectivity index is 1.85. The third kappa shape index (κ3) is 5.38. The minimum Gasteiger partial charge on any atom is -0.346 e. The number of benzene rings is 1. The van der Waals surface area contributed by atoms with E-state index in [0.29, 0.717) is 17.4 Å². The third-order valence-electron chi connectivity index (χ3n) is 3.64. The molecule has 0 aliphatic carbocycles. The van der Waals surface area contributed by atoms with E-state index in [-0.39, 0.29) is 22.1 Å². The van der Waals surface area contributed by atoms with E-state index in [2.05, 4.69) is 20.8 Å². The molecule has 28 heavy (non-hydrogen) atoms. The Morgan fingerprint density at radius 1 is 1.14 bits per heavy atom. The van der Waals surface area contributed by atoms with Crippen LogP contribution in [0.1, 0.15) is 22.5 Å². The summed E-state index contributed by atoms with van der Waals surface area (Å²) in [5.74, 6) is 2.66. The molecule has 152 valence electrons. The number of aryl methyl sites for hydroxylation is 3. The molecule has 0 aliphatic heterocycles. The van der Waals surface area contributed by atoms with Crippen LogP contribution < -0.4 is 16.5 Å². The lowest BCUT2D eigenvalue weighted by Crippen LogP contribution is -2.34. The van der Waals surface area contributed by atoms with Crippen molar-refractivity contribution in [2.24, 2.45) is 0 Å². The zero-order valence-corrected chi connectivity index (χ0v) is 16.2. The highest BCUT2D eigenvalue weighted by atomic mass is 32.2. The number of carbonyl (C=O) groups is 2. The number of aromatic nitrogens is 3. The van der Waals surface area contributed by atoms with Gasteiger partial charge in [-0.3, -0.25) is 9.59 Å². The van der Waals surface area contributed by atoms with Gasteiger partial charge in [-0.15, -0.1) is 10.2 Å². The van der Waals surface area contributed by atoms with Crippen molar-refractivity contribution in [3.63, 3.8) is 0 Å². The zero-order valence-electron chi connectivity index (χ0n) is 15.3. The number of amides is 2. The van der Waals surface area contributed by atoms with Gasteiger partial charge in [0, 0.05) is 5.69 Å². The Labute approximate surface area is 163 Å². The van der Waals surface area contributed by atoms with Crippen LogP contribution in [0, 0.1) is 20.8 Å². The molecule has 0 saturated heterocycles. The number of alkyl halides is 3. The molecule has 2 rings (SSSR count). The normalized spacial score (nSPS) is 11.4. The fraction of sp³-hybridized carbons (Fsp3) is 0.375. The number of nitrogens with zero attached hydrogens (tertiary/aromatic N) is 3. The van der Waals surface area contributed by atoms with E-state index in [1.54, 1.807) is 0 Å². The minimum atomic E-state index is -4.74. The van der Waals surface area contributed by atoms with Gasteiger partial charge < -0.3 is 16.5 Å². The number of carbonyl (C=O) groups excluding carboxylic acids is 2. The molecule has 0 atom stereocenters. The molecule has 1 heterocycles. The quantitative estimate of drug-likeness (QED) is 0.489. The van der Waals surface area contributed by atoms with Crippen molar-refractivity contribution in [2.45, 2.75) is 32.1 Å². The van der Waals surface area contributed by atoms with E-state index < -0.39 is 23.8 Å². The predicted octanol–water partition coefficient (Wildman–Crippen LogP) is 1.78. The summed E-state index contributed by atoms with van der Waals surface area (Å²) in [6, 6.07) is 3.85. The number of hydrogen-bond donors (Lipinski definition) is 3. The molecule has 0 bridgehead atoms. The van der Waals surface area contributed by atoms with Crippen molar-refractivity contribution in [3.05, 3.63) is 34.6 Å². The SMILES string of the molecule is Cc1cc(C)c(NC(=O)CNC(=O)CSc2nnc(C(F)(F)F)n2N)c(C)c1. The first-order valence-corrected chi connectivity index (χ1v) is 9.02. The van der Waals surface area contributed by atoms with Crippen LogP contribution in [0.3, 0.4) is 0 Å².